The molecule has 1 saturated carbocycles. The van der Waals surface area contributed by atoms with Crippen molar-refractivity contribution in [2.75, 3.05) is 19.0 Å². The number of aliphatic hydroxyl groups is 2. The molecule has 3 N–H and O–H groups in total. The largest absolute Gasteiger partial charge is 0.394 e. The van der Waals surface area contributed by atoms with Gasteiger partial charge in [0.25, 0.3) is 5.91 Å². The van der Waals surface area contributed by atoms with Crippen LogP contribution in [0.5, 0.6) is 0 Å². The maximum Gasteiger partial charge on any atom is 0.257 e. The third-order valence-electron chi connectivity index (χ3n) is 6.02. The monoisotopic (exact) mass is 507 g/mol. The van der Waals surface area contributed by atoms with Gasteiger partial charge in [0.05, 0.1) is 37.0 Å². The number of aliphatic imine (C=N–C) groups is 1. The maximum absolute atomic E-state index is 13.3. The Hall–Kier alpha value is -3.46. The summed E-state index contributed by atoms with van der Waals surface area (Å²) in [6.07, 6.45) is 5.95. The standard InChI is InChI=1S/C25H30N7O3P/c1-15(12-33)32(27-3)24(26-2)19-5-4-6-23(29-19)30-25(35)18-10-21(17(13-34)9-22(18)36)31-11-20(28-14-31)16-7-8-16/h4-6,9-11,14-16,33-34H,3,7-8,12-13,36H2,1-2H3,(H,29,30,35)/b26-24-. The Morgan fingerprint density at radius 2 is 2.14 bits per heavy atom. The number of anilines is 1. The summed E-state index contributed by atoms with van der Waals surface area (Å²) in [7, 11) is 4.15. The lowest BCUT2D eigenvalue weighted by molar-refractivity contribution is 0.102. The van der Waals surface area contributed by atoms with Crippen LogP contribution in [0.2, 0.25) is 0 Å². The lowest BCUT2D eigenvalue weighted by Gasteiger charge is -2.25. The van der Waals surface area contributed by atoms with Gasteiger partial charge in [0.15, 0.2) is 5.84 Å². The number of nitrogens with zero attached hydrogens (tertiary/aromatic N) is 6. The van der Waals surface area contributed by atoms with E-state index in [2.05, 4.69) is 41.3 Å². The van der Waals surface area contributed by atoms with Gasteiger partial charge in [-0.2, -0.15) is 5.10 Å². The second kappa shape index (κ2) is 11.1. The average Bonchev–Trinajstić information content (AvgIpc) is 3.63. The highest BCUT2D eigenvalue weighted by Gasteiger charge is 2.26. The topological polar surface area (TPSA) is 128 Å². The van der Waals surface area contributed by atoms with Gasteiger partial charge in [0, 0.05) is 37.0 Å². The number of hydrazone groups is 1. The predicted molar refractivity (Wildman–Crippen MR) is 143 cm³/mol. The SMILES string of the molecule is C=NN(/C(=N\C)c1cccc(NC(=O)c2cc(-n3cnc(C4CC4)c3)c(CO)cc2P)n1)C(C)CO. The van der Waals surface area contributed by atoms with Gasteiger partial charge in [0.2, 0.25) is 0 Å². The van der Waals surface area contributed by atoms with Crippen molar-refractivity contribution in [1.29, 1.82) is 0 Å². The van der Waals surface area contributed by atoms with Crippen molar-refractivity contribution in [3.8, 4) is 5.69 Å². The highest BCUT2D eigenvalue weighted by Crippen LogP contribution is 2.39. The van der Waals surface area contributed by atoms with E-state index >= 15 is 0 Å². The highest BCUT2D eigenvalue weighted by molar-refractivity contribution is 7.27. The smallest absolute Gasteiger partial charge is 0.257 e. The highest BCUT2D eigenvalue weighted by atomic mass is 31.0. The Bertz CT molecular complexity index is 1300. The van der Waals surface area contributed by atoms with E-state index in [1.807, 2.05) is 10.8 Å². The molecule has 2 aromatic heterocycles. The zero-order valence-corrected chi connectivity index (χ0v) is 21.4. The van der Waals surface area contributed by atoms with Crippen LogP contribution in [0.25, 0.3) is 5.69 Å². The molecule has 0 bridgehead atoms. The normalized spacial score (nSPS) is 14.4. The van der Waals surface area contributed by atoms with Crippen molar-refractivity contribution in [3.05, 3.63) is 65.4 Å². The van der Waals surface area contributed by atoms with Crippen LogP contribution >= 0.6 is 9.24 Å². The van der Waals surface area contributed by atoms with E-state index in [1.54, 1.807) is 50.6 Å². The van der Waals surface area contributed by atoms with Crippen LogP contribution in [0.15, 0.2) is 52.9 Å². The van der Waals surface area contributed by atoms with Crippen LogP contribution in [0.3, 0.4) is 0 Å². The molecule has 0 radical (unpaired) electrons. The van der Waals surface area contributed by atoms with Crippen molar-refractivity contribution in [1.82, 2.24) is 19.5 Å². The minimum Gasteiger partial charge on any atom is -0.394 e. The van der Waals surface area contributed by atoms with E-state index in [0.29, 0.717) is 45.4 Å². The Morgan fingerprint density at radius 1 is 1.36 bits per heavy atom. The number of hydrogen-bond donors (Lipinski definition) is 3. The van der Waals surface area contributed by atoms with Gasteiger partial charge in [-0.25, -0.2) is 15.0 Å². The number of amides is 1. The molecule has 1 amide bonds. The van der Waals surface area contributed by atoms with Crippen LogP contribution < -0.4 is 10.6 Å². The van der Waals surface area contributed by atoms with Gasteiger partial charge in [-0.1, -0.05) is 6.07 Å². The van der Waals surface area contributed by atoms with E-state index in [-0.39, 0.29) is 25.2 Å². The van der Waals surface area contributed by atoms with Crippen LogP contribution in [-0.2, 0) is 6.61 Å². The Labute approximate surface area is 212 Å². The number of benzene rings is 1. The number of hydrogen-bond acceptors (Lipinski definition) is 7. The molecule has 2 unspecified atom stereocenters. The zero-order valence-electron chi connectivity index (χ0n) is 20.3. The summed E-state index contributed by atoms with van der Waals surface area (Å²) in [6.45, 7) is 5.04. The number of pyridine rings is 1. The van der Waals surface area contributed by atoms with E-state index in [1.165, 1.54) is 5.01 Å². The molecule has 0 saturated heterocycles. The Morgan fingerprint density at radius 3 is 2.78 bits per heavy atom. The van der Waals surface area contributed by atoms with Gasteiger partial charge in [-0.05, 0) is 49.3 Å². The molecule has 2 atom stereocenters. The number of imidazole rings is 1. The quantitative estimate of drug-likeness (QED) is 0.176. The van der Waals surface area contributed by atoms with Crippen molar-refractivity contribution in [3.63, 3.8) is 0 Å². The molecule has 0 aliphatic heterocycles. The second-order valence-corrected chi connectivity index (χ2v) is 9.26. The lowest BCUT2D eigenvalue weighted by atomic mass is 10.1. The molecule has 36 heavy (non-hydrogen) atoms. The van der Waals surface area contributed by atoms with E-state index in [0.717, 1.165) is 18.5 Å². The molecule has 2 heterocycles. The van der Waals surface area contributed by atoms with E-state index < -0.39 is 0 Å². The lowest BCUT2D eigenvalue weighted by Crippen LogP contribution is -2.37. The molecular weight excluding hydrogens is 477 g/mol. The second-order valence-electron chi connectivity index (χ2n) is 8.63. The molecule has 10 nitrogen and oxygen atoms in total. The summed E-state index contributed by atoms with van der Waals surface area (Å²) in [5, 5.41) is 28.4. The summed E-state index contributed by atoms with van der Waals surface area (Å²) < 4.78 is 1.85. The first kappa shape index (κ1) is 25.6. The van der Waals surface area contributed by atoms with Crippen molar-refractivity contribution >= 4 is 38.8 Å². The average molecular weight is 508 g/mol. The van der Waals surface area contributed by atoms with E-state index in [9.17, 15) is 15.0 Å². The molecule has 1 fully saturated rings. The van der Waals surface area contributed by atoms with Crippen molar-refractivity contribution in [2.24, 2.45) is 10.1 Å². The summed E-state index contributed by atoms with van der Waals surface area (Å²) >= 11 is 0. The molecule has 1 aliphatic rings. The van der Waals surface area contributed by atoms with Crippen LogP contribution in [0, 0.1) is 0 Å². The maximum atomic E-state index is 13.3. The van der Waals surface area contributed by atoms with Gasteiger partial charge in [-0.15, -0.1) is 9.24 Å². The third-order valence-corrected chi connectivity index (χ3v) is 6.50. The summed E-state index contributed by atoms with van der Waals surface area (Å²) in [5.41, 5.74) is 3.30. The van der Waals surface area contributed by atoms with Gasteiger partial charge in [0.1, 0.15) is 11.5 Å². The molecule has 188 valence electrons. The van der Waals surface area contributed by atoms with Crippen molar-refractivity contribution in [2.45, 2.75) is 38.3 Å². The number of aliphatic hydroxyl groups excluding tert-OH is 2. The Balaban J connectivity index is 1.62. The predicted octanol–water partition coefficient (Wildman–Crippen LogP) is 2.06. The van der Waals surface area contributed by atoms with E-state index in [4.69, 9.17) is 0 Å². The molecule has 1 aromatic carbocycles. The fraction of sp³-hybridized carbons (Fsp3) is 0.320. The molecule has 3 aromatic rings. The minimum atomic E-state index is -0.354. The van der Waals surface area contributed by atoms with Crippen molar-refractivity contribution < 1.29 is 15.0 Å². The number of aromatic nitrogens is 3. The first-order valence-corrected chi connectivity index (χ1v) is 12.2. The summed E-state index contributed by atoms with van der Waals surface area (Å²) in [6, 6.07) is 8.34. The zero-order chi connectivity index (χ0) is 25.8. The minimum absolute atomic E-state index is 0.142. The molecule has 4 rings (SSSR count). The third kappa shape index (κ3) is 5.36. The molecule has 1 aliphatic carbocycles. The van der Waals surface area contributed by atoms with Gasteiger partial charge >= 0.3 is 0 Å². The molecule has 0 spiro atoms. The number of rotatable bonds is 9. The Kier molecular flexibility index (Phi) is 7.88. The van der Waals surface area contributed by atoms with Crippen LogP contribution in [0.1, 0.15) is 53.0 Å². The molecular formula is C25H30N7O3P. The first-order valence-electron chi connectivity index (χ1n) is 11.6. The number of amidine groups is 1. The first-order chi connectivity index (χ1) is 17.4. The van der Waals surface area contributed by atoms with Crippen LogP contribution in [-0.4, -0.2) is 67.9 Å². The van der Waals surface area contributed by atoms with Crippen LogP contribution in [0.4, 0.5) is 5.82 Å². The summed E-state index contributed by atoms with van der Waals surface area (Å²) in [4.78, 5) is 26.6. The number of carbonyl (C=O) groups excluding carboxylic acids is 1. The fourth-order valence-electron chi connectivity index (χ4n) is 3.91. The summed E-state index contributed by atoms with van der Waals surface area (Å²) in [5.74, 6) is 0.885. The fourth-order valence-corrected chi connectivity index (χ4v) is 4.33. The number of nitrogens with one attached hydrogen (secondary N) is 1. The van der Waals surface area contributed by atoms with Gasteiger partial charge in [-0.3, -0.25) is 9.79 Å². The van der Waals surface area contributed by atoms with Gasteiger partial charge < -0.3 is 20.1 Å². The molecule has 11 heteroatoms. The number of carbonyl (C=O) groups is 1.